The van der Waals surface area contributed by atoms with E-state index in [0.717, 1.165) is 29.2 Å². The van der Waals surface area contributed by atoms with Crippen molar-refractivity contribution in [3.05, 3.63) is 36.5 Å². The molecule has 0 radical (unpaired) electrons. The van der Waals surface area contributed by atoms with E-state index in [1.165, 1.54) is 0 Å². The number of rotatable bonds is 4. The first kappa shape index (κ1) is 10.6. The van der Waals surface area contributed by atoms with Gasteiger partial charge in [-0.25, -0.2) is 0 Å². The van der Waals surface area contributed by atoms with Gasteiger partial charge < -0.3 is 15.0 Å². The predicted molar refractivity (Wildman–Crippen MR) is 66.9 cm³/mol. The number of benzene rings is 1. The first-order valence-corrected chi connectivity index (χ1v) is 5.41. The number of hydrogen-bond donors (Lipinski definition) is 2. The fourth-order valence-corrected chi connectivity index (χ4v) is 1.73. The zero-order valence-electron chi connectivity index (χ0n) is 9.58. The summed E-state index contributed by atoms with van der Waals surface area (Å²) in [5.74, 6) is 0.879. The Morgan fingerprint density at radius 1 is 1.31 bits per heavy atom. The lowest BCUT2D eigenvalue weighted by Gasteiger charge is -2.10. The molecule has 1 aromatic carbocycles. The first-order chi connectivity index (χ1) is 7.85. The number of hydrogen-bond acceptors (Lipinski definition) is 2. The van der Waals surface area contributed by atoms with E-state index in [1.807, 2.05) is 30.5 Å². The van der Waals surface area contributed by atoms with Crippen LogP contribution in [0.3, 0.4) is 0 Å². The summed E-state index contributed by atoms with van der Waals surface area (Å²) in [6.45, 7) is 3.00. The van der Waals surface area contributed by atoms with E-state index in [4.69, 9.17) is 4.74 Å². The fourth-order valence-electron chi connectivity index (χ4n) is 1.73. The zero-order valence-corrected chi connectivity index (χ0v) is 9.58. The van der Waals surface area contributed by atoms with Crippen LogP contribution in [0, 0.1) is 0 Å². The molecule has 0 bridgehead atoms. The molecule has 0 saturated heterocycles. The molecule has 2 aromatic rings. The summed E-state index contributed by atoms with van der Waals surface area (Å²) in [4.78, 5) is 3.19. The van der Waals surface area contributed by atoms with Crippen LogP contribution in [0.2, 0.25) is 0 Å². The molecule has 0 aliphatic rings. The van der Waals surface area contributed by atoms with Crippen LogP contribution in [0.4, 0.5) is 5.69 Å². The molecule has 2 rings (SSSR count). The third-order valence-corrected chi connectivity index (χ3v) is 2.47. The fraction of sp³-hybridized carbons (Fsp3) is 0.231. The molecule has 84 valence electrons. The van der Waals surface area contributed by atoms with E-state index in [2.05, 4.69) is 23.3 Å². The normalized spacial score (nSPS) is 10.1. The molecule has 3 nitrogen and oxygen atoms in total. The molecule has 2 N–H and O–H groups in total. The average molecular weight is 216 g/mol. The van der Waals surface area contributed by atoms with Crippen molar-refractivity contribution in [2.24, 2.45) is 0 Å². The van der Waals surface area contributed by atoms with Gasteiger partial charge in [-0.15, -0.1) is 0 Å². The van der Waals surface area contributed by atoms with Gasteiger partial charge in [0.25, 0.3) is 0 Å². The van der Waals surface area contributed by atoms with Gasteiger partial charge in [-0.3, -0.25) is 0 Å². The molecule has 0 atom stereocenters. The quantitative estimate of drug-likeness (QED) is 0.824. The summed E-state index contributed by atoms with van der Waals surface area (Å²) >= 11 is 0. The van der Waals surface area contributed by atoms with Gasteiger partial charge in [0, 0.05) is 29.7 Å². The summed E-state index contributed by atoms with van der Waals surface area (Å²) in [6.07, 6.45) is 1.91. The average Bonchev–Trinajstić information content (AvgIpc) is 2.83. The zero-order chi connectivity index (χ0) is 11.4. The van der Waals surface area contributed by atoms with E-state index in [1.54, 1.807) is 7.11 Å². The van der Waals surface area contributed by atoms with Crippen LogP contribution in [0.1, 0.15) is 6.92 Å². The number of nitrogens with one attached hydrogen (secondary N) is 2. The Kier molecular flexibility index (Phi) is 3.15. The Balaban J connectivity index is 2.43. The van der Waals surface area contributed by atoms with Crippen molar-refractivity contribution in [1.82, 2.24) is 4.98 Å². The number of anilines is 1. The lowest BCUT2D eigenvalue weighted by molar-refractivity contribution is 0.416. The minimum absolute atomic E-state index is 0.879. The first-order valence-electron chi connectivity index (χ1n) is 5.41. The lowest BCUT2D eigenvalue weighted by atomic mass is 10.1. The van der Waals surface area contributed by atoms with Crippen molar-refractivity contribution in [2.75, 3.05) is 19.0 Å². The predicted octanol–water partition coefficient (Wildman–Crippen LogP) is 3.12. The highest BCUT2D eigenvalue weighted by Gasteiger charge is 2.07. The second kappa shape index (κ2) is 4.75. The summed E-state index contributed by atoms with van der Waals surface area (Å²) in [7, 11) is 1.69. The molecule has 0 fully saturated rings. The van der Waals surface area contributed by atoms with Crippen LogP contribution in [0.5, 0.6) is 5.75 Å². The summed E-state index contributed by atoms with van der Waals surface area (Å²) < 4.78 is 5.35. The second-order valence-electron chi connectivity index (χ2n) is 3.53. The number of aromatic amines is 1. The van der Waals surface area contributed by atoms with Crippen LogP contribution in [-0.2, 0) is 0 Å². The third kappa shape index (κ3) is 2.03. The van der Waals surface area contributed by atoms with Crippen molar-refractivity contribution >= 4 is 5.69 Å². The SMILES string of the molecule is CCNc1ccc(OC)c(-c2ccc[nH]2)c1. The summed E-state index contributed by atoms with van der Waals surface area (Å²) in [5, 5.41) is 3.29. The van der Waals surface area contributed by atoms with Gasteiger partial charge in [0.2, 0.25) is 0 Å². The van der Waals surface area contributed by atoms with E-state index in [9.17, 15) is 0 Å². The molecule has 1 heterocycles. The molecule has 3 heteroatoms. The Bertz CT molecular complexity index is 449. The van der Waals surface area contributed by atoms with Crippen LogP contribution < -0.4 is 10.1 Å². The highest BCUT2D eigenvalue weighted by molar-refractivity contribution is 5.72. The summed E-state index contributed by atoms with van der Waals surface area (Å²) in [5.41, 5.74) is 3.25. The third-order valence-electron chi connectivity index (χ3n) is 2.47. The minimum Gasteiger partial charge on any atom is -0.496 e. The number of aromatic nitrogens is 1. The molecule has 0 amide bonds. The molecule has 0 aliphatic carbocycles. The van der Waals surface area contributed by atoms with Gasteiger partial charge in [-0.05, 0) is 37.3 Å². The van der Waals surface area contributed by atoms with E-state index in [-0.39, 0.29) is 0 Å². The molecule has 0 aliphatic heterocycles. The topological polar surface area (TPSA) is 37.0 Å². The van der Waals surface area contributed by atoms with Gasteiger partial charge in [-0.1, -0.05) is 0 Å². The second-order valence-corrected chi connectivity index (χ2v) is 3.53. The Morgan fingerprint density at radius 2 is 2.19 bits per heavy atom. The maximum Gasteiger partial charge on any atom is 0.128 e. The van der Waals surface area contributed by atoms with Gasteiger partial charge in [0.15, 0.2) is 0 Å². The Labute approximate surface area is 95.5 Å². The van der Waals surface area contributed by atoms with Crippen LogP contribution in [0.25, 0.3) is 11.3 Å². The maximum absolute atomic E-state index is 5.35. The van der Waals surface area contributed by atoms with Gasteiger partial charge in [-0.2, -0.15) is 0 Å². The smallest absolute Gasteiger partial charge is 0.128 e. The summed E-state index contributed by atoms with van der Waals surface area (Å²) in [6, 6.07) is 10.1. The van der Waals surface area contributed by atoms with Crippen LogP contribution in [0.15, 0.2) is 36.5 Å². The van der Waals surface area contributed by atoms with Crippen molar-refractivity contribution in [1.29, 1.82) is 0 Å². The monoisotopic (exact) mass is 216 g/mol. The Hall–Kier alpha value is -1.90. The molecule has 0 spiro atoms. The largest absolute Gasteiger partial charge is 0.496 e. The molecule has 0 saturated carbocycles. The molecular formula is C13H16N2O. The van der Waals surface area contributed by atoms with Crippen LogP contribution >= 0.6 is 0 Å². The van der Waals surface area contributed by atoms with Gasteiger partial charge >= 0.3 is 0 Å². The number of H-pyrrole nitrogens is 1. The van der Waals surface area contributed by atoms with Crippen molar-refractivity contribution < 1.29 is 4.74 Å². The van der Waals surface area contributed by atoms with E-state index >= 15 is 0 Å². The standard InChI is InChI=1S/C13H16N2O/c1-3-14-10-6-7-13(16-2)11(9-10)12-5-4-8-15-12/h4-9,14-15H,3H2,1-2H3. The highest BCUT2D eigenvalue weighted by Crippen LogP contribution is 2.31. The molecule has 1 aromatic heterocycles. The van der Waals surface area contributed by atoms with Crippen LogP contribution in [-0.4, -0.2) is 18.6 Å². The van der Waals surface area contributed by atoms with E-state index < -0.39 is 0 Å². The Morgan fingerprint density at radius 3 is 2.81 bits per heavy atom. The van der Waals surface area contributed by atoms with Gasteiger partial charge in [0.1, 0.15) is 5.75 Å². The van der Waals surface area contributed by atoms with Crippen molar-refractivity contribution in [2.45, 2.75) is 6.92 Å². The minimum atomic E-state index is 0.879. The number of ether oxygens (including phenoxy) is 1. The molecule has 16 heavy (non-hydrogen) atoms. The maximum atomic E-state index is 5.35. The van der Waals surface area contributed by atoms with Crippen molar-refractivity contribution in [3.8, 4) is 17.0 Å². The number of methoxy groups -OCH3 is 1. The van der Waals surface area contributed by atoms with Crippen molar-refractivity contribution in [3.63, 3.8) is 0 Å². The van der Waals surface area contributed by atoms with E-state index in [0.29, 0.717) is 0 Å². The molecular weight excluding hydrogens is 200 g/mol. The molecule has 0 unspecified atom stereocenters. The lowest BCUT2D eigenvalue weighted by Crippen LogP contribution is -1.97. The highest BCUT2D eigenvalue weighted by atomic mass is 16.5. The van der Waals surface area contributed by atoms with Gasteiger partial charge in [0.05, 0.1) is 7.11 Å².